The second-order valence-corrected chi connectivity index (χ2v) is 4.62. The fourth-order valence-corrected chi connectivity index (χ4v) is 1.89. The average Bonchev–Trinajstić information content (AvgIpc) is 2.40. The lowest BCUT2D eigenvalue weighted by molar-refractivity contribution is -0.143. The van der Waals surface area contributed by atoms with E-state index in [-0.39, 0.29) is 16.3 Å². The number of nitrogens with two attached hydrogens (primary N) is 1. The monoisotopic (exact) mass is 322 g/mol. The third-order valence-corrected chi connectivity index (χ3v) is 3.05. The van der Waals surface area contributed by atoms with Crippen molar-refractivity contribution in [2.75, 3.05) is 0 Å². The van der Waals surface area contributed by atoms with Gasteiger partial charge in [-0.3, -0.25) is 0 Å². The first-order chi connectivity index (χ1) is 9.70. The van der Waals surface area contributed by atoms with Gasteiger partial charge in [-0.15, -0.1) is 0 Å². The Kier molecular flexibility index (Phi) is 4.15. The first-order valence-electron chi connectivity index (χ1n) is 5.64. The van der Waals surface area contributed by atoms with Crippen LogP contribution in [0.5, 0.6) is 0 Å². The zero-order chi connectivity index (χ0) is 15.8. The summed E-state index contributed by atoms with van der Waals surface area (Å²) < 4.78 is 64.0. The van der Waals surface area contributed by atoms with E-state index < -0.39 is 29.5 Å². The van der Waals surface area contributed by atoms with Crippen molar-refractivity contribution in [2.45, 2.75) is 12.2 Å². The second kappa shape index (κ2) is 5.57. The molecule has 0 aliphatic heterocycles. The van der Waals surface area contributed by atoms with E-state index in [0.717, 1.165) is 12.1 Å². The molecule has 0 fully saturated rings. The van der Waals surface area contributed by atoms with Crippen molar-refractivity contribution in [1.29, 1.82) is 0 Å². The minimum Gasteiger partial charge on any atom is -0.319 e. The van der Waals surface area contributed by atoms with E-state index in [1.54, 1.807) is 0 Å². The number of rotatable bonds is 2. The quantitative estimate of drug-likeness (QED) is 0.846. The number of hydrogen-bond donors (Lipinski definition) is 1. The Morgan fingerprint density at radius 3 is 2.24 bits per heavy atom. The van der Waals surface area contributed by atoms with Gasteiger partial charge >= 0.3 is 6.18 Å². The van der Waals surface area contributed by atoms with Crippen LogP contribution in [0.15, 0.2) is 30.3 Å². The first-order valence-corrected chi connectivity index (χ1v) is 6.02. The van der Waals surface area contributed by atoms with Crippen LogP contribution in [-0.2, 0) is 6.18 Å². The molecule has 0 amide bonds. The number of aromatic nitrogens is 1. The Bertz CT molecular complexity index is 672. The fraction of sp³-hybridized carbons (Fsp3) is 0.154. The summed E-state index contributed by atoms with van der Waals surface area (Å²) >= 11 is 5.58. The maximum Gasteiger partial charge on any atom is 0.436 e. The van der Waals surface area contributed by atoms with Gasteiger partial charge in [-0.2, -0.15) is 13.2 Å². The molecule has 0 spiro atoms. The van der Waals surface area contributed by atoms with Crippen LogP contribution in [0, 0.1) is 11.6 Å². The molecule has 1 atom stereocenters. The molecule has 0 aliphatic carbocycles. The minimum absolute atomic E-state index is 0.202. The maximum atomic E-state index is 13.2. The van der Waals surface area contributed by atoms with Crippen molar-refractivity contribution < 1.29 is 22.0 Å². The van der Waals surface area contributed by atoms with Crippen molar-refractivity contribution in [2.24, 2.45) is 5.73 Å². The van der Waals surface area contributed by atoms with Crippen LogP contribution in [0.3, 0.4) is 0 Å². The molecule has 2 N–H and O–H groups in total. The van der Waals surface area contributed by atoms with Crippen LogP contribution in [0.2, 0.25) is 5.02 Å². The topological polar surface area (TPSA) is 38.9 Å². The van der Waals surface area contributed by atoms with E-state index in [4.69, 9.17) is 17.3 Å². The summed E-state index contributed by atoms with van der Waals surface area (Å²) in [5.74, 6) is -2.17. The molecule has 2 rings (SSSR count). The van der Waals surface area contributed by atoms with Crippen molar-refractivity contribution in [1.82, 2.24) is 4.98 Å². The summed E-state index contributed by atoms with van der Waals surface area (Å²) in [7, 11) is 0. The highest BCUT2D eigenvalue weighted by molar-refractivity contribution is 6.30. The van der Waals surface area contributed by atoms with Crippen LogP contribution in [-0.4, -0.2) is 4.98 Å². The van der Waals surface area contributed by atoms with E-state index in [0.29, 0.717) is 6.07 Å². The molecule has 112 valence electrons. The Morgan fingerprint density at radius 1 is 1.05 bits per heavy atom. The summed E-state index contributed by atoms with van der Waals surface area (Å²) in [5, 5.41) is -0.221. The van der Waals surface area contributed by atoms with Crippen LogP contribution >= 0.6 is 11.6 Å². The highest BCUT2D eigenvalue weighted by Gasteiger charge is 2.36. The predicted octanol–water partition coefficient (Wildman–Crippen LogP) is 4.08. The molecule has 0 bridgehead atoms. The number of nitrogens with zero attached hydrogens (tertiary/aromatic N) is 1. The van der Waals surface area contributed by atoms with Crippen LogP contribution in [0.25, 0.3) is 0 Å². The number of alkyl halides is 3. The van der Waals surface area contributed by atoms with Crippen LogP contribution in [0.4, 0.5) is 22.0 Å². The van der Waals surface area contributed by atoms with Crippen LogP contribution < -0.4 is 5.73 Å². The lowest BCUT2D eigenvalue weighted by atomic mass is 10.0. The van der Waals surface area contributed by atoms with Gasteiger partial charge in [0.05, 0.1) is 16.8 Å². The number of halogens is 6. The number of hydrogen-bond acceptors (Lipinski definition) is 2. The van der Waals surface area contributed by atoms with Gasteiger partial charge in [0, 0.05) is 0 Å². The molecule has 2 nitrogen and oxygen atoms in total. The molecular weight excluding hydrogens is 315 g/mol. The molecule has 1 aromatic heterocycles. The van der Waals surface area contributed by atoms with Gasteiger partial charge in [0.1, 0.15) is 5.82 Å². The molecule has 1 unspecified atom stereocenters. The van der Waals surface area contributed by atoms with Crippen molar-refractivity contribution in [3.63, 3.8) is 0 Å². The molecule has 1 heterocycles. The number of pyridine rings is 1. The summed E-state index contributed by atoms with van der Waals surface area (Å²) in [5.41, 5.74) is 4.17. The lowest BCUT2D eigenvalue weighted by Crippen LogP contribution is -2.18. The molecule has 8 heteroatoms. The summed E-state index contributed by atoms with van der Waals surface area (Å²) in [6, 6.07) is 4.06. The van der Waals surface area contributed by atoms with Crippen molar-refractivity contribution >= 4 is 11.6 Å². The third-order valence-electron chi connectivity index (χ3n) is 2.76. The largest absolute Gasteiger partial charge is 0.436 e. The molecule has 0 aliphatic rings. The third kappa shape index (κ3) is 3.30. The lowest BCUT2D eigenvalue weighted by Gasteiger charge is -2.15. The van der Waals surface area contributed by atoms with E-state index in [2.05, 4.69) is 4.98 Å². The smallest absolute Gasteiger partial charge is 0.319 e. The first kappa shape index (κ1) is 15.7. The molecule has 0 saturated heterocycles. The Hall–Kier alpha value is -1.73. The molecule has 2 aromatic rings. The van der Waals surface area contributed by atoms with Gasteiger partial charge in [-0.05, 0) is 29.8 Å². The van der Waals surface area contributed by atoms with Gasteiger partial charge in [0.2, 0.25) is 0 Å². The normalized spacial score (nSPS) is 13.3. The van der Waals surface area contributed by atoms with Crippen LogP contribution in [0.1, 0.15) is 23.0 Å². The van der Waals surface area contributed by atoms with Gasteiger partial charge < -0.3 is 5.73 Å². The second-order valence-electron chi connectivity index (χ2n) is 4.22. The van der Waals surface area contributed by atoms with Gasteiger partial charge in [-0.1, -0.05) is 17.7 Å². The van der Waals surface area contributed by atoms with Gasteiger partial charge in [0.15, 0.2) is 11.5 Å². The SMILES string of the molecule is NC(c1ccc(F)c(Cl)c1)c1ccc(F)c(C(F)(F)F)n1. The van der Waals surface area contributed by atoms with E-state index in [1.165, 1.54) is 12.1 Å². The minimum atomic E-state index is -4.93. The zero-order valence-electron chi connectivity index (χ0n) is 10.3. The highest BCUT2D eigenvalue weighted by Crippen LogP contribution is 2.31. The standard InChI is InChI=1S/C13H8ClF5N2/c14-7-5-6(1-2-8(7)15)11(20)10-4-3-9(16)12(21-10)13(17,18)19/h1-5,11H,20H2. The summed E-state index contributed by atoms with van der Waals surface area (Å²) in [4.78, 5) is 3.21. The Morgan fingerprint density at radius 2 is 1.67 bits per heavy atom. The Balaban J connectivity index is 2.44. The fourth-order valence-electron chi connectivity index (χ4n) is 1.71. The zero-order valence-corrected chi connectivity index (χ0v) is 11.0. The average molecular weight is 323 g/mol. The molecule has 0 saturated carbocycles. The van der Waals surface area contributed by atoms with Gasteiger partial charge in [0.25, 0.3) is 0 Å². The van der Waals surface area contributed by atoms with Crippen molar-refractivity contribution in [3.05, 3.63) is 63.9 Å². The van der Waals surface area contributed by atoms with Gasteiger partial charge in [-0.25, -0.2) is 13.8 Å². The number of benzene rings is 1. The molecule has 0 radical (unpaired) electrons. The van der Waals surface area contributed by atoms with Crippen molar-refractivity contribution in [3.8, 4) is 0 Å². The summed E-state index contributed by atoms with van der Waals surface area (Å²) in [6.45, 7) is 0. The molecular formula is C13H8ClF5N2. The molecule has 21 heavy (non-hydrogen) atoms. The molecule has 1 aromatic carbocycles. The predicted molar refractivity (Wildman–Crippen MR) is 66.6 cm³/mol. The van der Waals surface area contributed by atoms with E-state index in [1.807, 2.05) is 0 Å². The summed E-state index contributed by atoms with van der Waals surface area (Å²) in [6.07, 6.45) is -4.93. The van der Waals surface area contributed by atoms with E-state index in [9.17, 15) is 22.0 Å². The highest BCUT2D eigenvalue weighted by atomic mass is 35.5. The van der Waals surface area contributed by atoms with E-state index >= 15 is 0 Å². The Labute approximate surface area is 121 Å². The maximum absolute atomic E-state index is 13.2.